The number of alkyl halides is 3. The highest BCUT2D eigenvalue weighted by molar-refractivity contribution is 5.95. The summed E-state index contributed by atoms with van der Waals surface area (Å²) in [5.41, 5.74) is -0.521. The highest BCUT2D eigenvalue weighted by Crippen LogP contribution is 2.34. The molecule has 2 rings (SSSR count). The average molecular weight is 354 g/mol. The van der Waals surface area contributed by atoms with Crippen molar-refractivity contribution in [2.45, 2.75) is 25.7 Å². The molecular formula is C18H18F4N2O. The third kappa shape index (κ3) is 5.03. The molecule has 0 saturated heterocycles. The van der Waals surface area contributed by atoms with Crippen LogP contribution in [0.3, 0.4) is 0 Å². The summed E-state index contributed by atoms with van der Waals surface area (Å²) in [6.45, 7) is 1.86. The van der Waals surface area contributed by atoms with Crippen LogP contribution in [-0.4, -0.2) is 23.9 Å². The van der Waals surface area contributed by atoms with Crippen LogP contribution in [0.25, 0.3) is 0 Å². The minimum atomic E-state index is -4.55. The van der Waals surface area contributed by atoms with Gasteiger partial charge < -0.3 is 5.32 Å². The van der Waals surface area contributed by atoms with Crippen molar-refractivity contribution in [1.82, 2.24) is 4.90 Å². The number of amides is 1. The lowest BCUT2D eigenvalue weighted by atomic mass is 10.1. The van der Waals surface area contributed by atoms with Crippen molar-refractivity contribution in [2.75, 3.05) is 12.4 Å². The summed E-state index contributed by atoms with van der Waals surface area (Å²) in [6.07, 6.45) is -4.55. The number of para-hydroxylation sites is 1. The first-order valence-electron chi connectivity index (χ1n) is 7.60. The zero-order chi connectivity index (χ0) is 18.6. The van der Waals surface area contributed by atoms with Crippen molar-refractivity contribution in [3.63, 3.8) is 0 Å². The molecule has 0 saturated carbocycles. The summed E-state index contributed by atoms with van der Waals surface area (Å²) in [6, 6.07) is 10.0. The third-order valence-corrected chi connectivity index (χ3v) is 3.85. The minimum Gasteiger partial charge on any atom is -0.324 e. The Hall–Kier alpha value is -2.41. The quantitative estimate of drug-likeness (QED) is 0.812. The highest BCUT2D eigenvalue weighted by atomic mass is 19.4. The first-order chi connectivity index (χ1) is 11.7. The summed E-state index contributed by atoms with van der Waals surface area (Å²) in [5.74, 6) is -0.960. The van der Waals surface area contributed by atoms with E-state index >= 15 is 0 Å². The number of hydrogen-bond acceptors (Lipinski definition) is 2. The number of carbonyl (C=O) groups is 1. The van der Waals surface area contributed by atoms with Gasteiger partial charge in [-0.3, -0.25) is 9.69 Å². The lowest BCUT2D eigenvalue weighted by Crippen LogP contribution is -2.39. The molecule has 1 atom stereocenters. The van der Waals surface area contributed by atoms with Crippen LogP contribution in [0.4, 0.5) is 23.2 Å². The van der Waals surface area contributed by atoms with Crippen molar-refractivity contribution in [3.05, 3.63) is 65.5 Å². The van der Waals surface area contributed by atoms with E-state index in [0.717, 1.165) is 6.07 Å². The summed E-state index contributed by atoms with van der Waals surface area (Å²) >= 11 is 0. The van der Waals surface area contributed by atoms with Crippen LogP contribution < -0.4 is 5.32 Å². The van der Waals surface area contributed by atoms with Gasteiger partial charge in [-0.1, -0.05) is 24.3 Å². The third-order valence-electron chi connectivity index (χ3n) is 3.85. The van der Waals surface area contributed by atoms with E-state index in [9.17, 15) is 22.4 Å². The second-order valence-electron chi connectivity index (χ2n) is 5.75. The molecular weight excluding hydrogens is 336 g/mol. The molecule has 2 aromatic carbocycles. The Balaban J connectivity index is 2.08. The van der Waals surface area contributed by atoms with Gasteiger partial charge in [0.1, 0.15) is 5.82 Å². The van der Waals surface area contributed by atoms with Gasteiger partial charge in [-0.2, -0.15) is 13.2 Å². The molecule has 0 aliphatic heterocycles. The molecule has 2 aromatic rings. The first kappa shape index (κ1) is 18.9. The normalized spacial score (nSPS) is 12.9. The summed E-state index contributed by atoms with van der Waals surface area (Å²) < 4.78 is 52.2. The molecule has 3 nitrogen and oxygen atoms in total. The molecule has 0 spiro atoms. The van der Waals surface area contributed by atoms with E-state index in [0.29, 0.717) is 5.56 Å². The SMILES string of the molecule is CC(C(=O)Nc1ccccc1C(F)(F)F)N(C)Cc1cccc(F)c1. The Morgan fingerprint density at radius 1 is 1.16 bits per heavy atom. The van der Waals surface area contributed by atoms with Crippen molar-refractivity contribution < 1.29 is 22.4 Å². The first-order valence-corrected chi connectivity index (χ1v) is 7.60. The van der Waals surface area contributed by atoms with Crippen LogP contribution >= 0.6 is 0 Å². The lowest BCUT2D eigenvalue weighted by Gasteiger charge is -2.24. The molecule has 1 N–H and O–H groups in total. The molecule has 7 heteroatoms. The largest absolute Gasteiger partial charge is 0.418 e. The maximum atomic E-state index is 13.2. The van der Waals surface area contributed by atoms with Crippen LogP contribution in [0.5, 0.6) is 0 Å². The van der Waals surface area contributed by atoms with Crippen LogP contribution in [0.15, 0.2) is 48.5 Å². The van der Waals surface area contributed by atoms with E-state index in [1.165, 1.54) is 30.3 Å². The number of nitrogens with zero attached hydrogens (tertiary/aromatic N) is 1. The zero-order valence-corrected chi connectivity index (χ0v) is 13.8. The van der Waals surface area contributed by atoms with Gasteiger partial charge in [0.15, 0.2) is 0 Å². The Morgan fingerprint density at radius 2 is 1.84 bits per heavy atom. The van der Waals surface area contributed by atoms with Gasteiger partial charge in [0.05, 0.1) is 17.3 Å². The second-order valence-corrected chi connectivity index (χ2v) is 5.75. The Morgan fingerprint density at radius 3 is 2.48 bits per heavy atom. The molecule has 0 aliphatic rings. The molecule has 0 radical (unpaired) electrons. The zero-order valence-electron chi connectivity index (χ0n) is 13.8. The maximum absolute atomic E-state index is 13.2. The minimum absolute atomic E-state index is 0.285. The molecule has 134 valence electrons. The van der Waals surface area contributed by atoms with Crippen molar-refractivity contribution in [2.24, 2.45) is 0 Å². The summed E-state index contributed by atoms with van der Waals surface area (Å²) in [4.78, 5) is 13.9. The number of halogens is 4. The number of carbonyl (C=O) groups excluding carboxylic acids is 1. The number of likely N-dealkylation sites (N-methyl/N-ethyl adjacent to an activating group) is 1. The summed E-state index contributed by atoms with van der Waals surface area (Å²) in [5, 5.41) is 2.32. The Labute approximate surface area is 143 Å². The topological polar surface area (TPSA) is 32.3 Å². The van der Waals surface area contributed by atoms with Crippen LogP contribution in [0.1, 0.15) is 18.1 Å². The predicted octanol–water partition coefficient (Wildman–Crippen LogP) is 4.30. The van der Waals surface area contributed by atoms with Crippen LogP contribution in [-0.2, 0) is 17.5 Å². The van der Waals surface area contributed by atoms with Gasteiger partial charge in [0.2, 0.25) is 5.91 Å². The molecule has 0 heterocycles. The number of hydrogen-bond donors (Lipinski definition) is 1. The van der Waals surface area contributed by atoms with Gasteiger partial charge in [-0.15, -0.1) is 0 Å². The van der Waals surface area contributed by atoms with Crippen molar-refractivity contribution in [1.29, 1.82) is 0 Å². The lowest BCUT2D eigenvalue weighted by molar-refractivity contribution is -0.137. The van der Waals surface area contributed by atoms with E-state index in [4.69, 9.17) is 0 Å². The molecule has 0 bridgehead atoms. The summed E-state index contributed by atoms with van der Waals surface area (Å²) in [7, 11) is 1.64. The average Bonchev–Trinajstić information content (AvgIpc) is 2.53. The molecule has 1 unspecified atom stereocenters. The fourth-order valence-electron chi connectivity index (χ4n) is 2.34. The molecule has 0 aliphatic carbocycles. The molecule has 0 aromatic heterocycles. The van der Waals surface area contributed by atoms with Crippen molar-refractivity contribution >= 4 is 11.6 Å². The van der Waals surface area contributed by atoms with Crippen molar-refractivity contribution in [3.8, 4) is 0 Å². The molecule has 1 amide bonds. The standard InChI is InChI=1S/C18H18F4N2O/c1-12(24(2)11-13-6-5-7-14(19)10-13)17(25)23-16-9-4-3-8-15(16)18(20,21)22/h3-10,12H,11H2,1-2H3,(H,23,25). The van der Waals surface area contributed by atoms with Gasteiger partial charge in [-0.05, 0) is 43.8 Å². The van der Waals surface area contributed by atoms with Crippen LogP contribution in [0.2, 0.25) is 0 Å². The van der Waals surface area contributed by atoms with E-state index in [1.807, 2.05) is 0 Å². The Kier molecular flexibility index (Phi) is 5.79. The van der Waals surface area contributed by atoms with Gasteiger partial charge in [0.25, 0.3) is 0 Å². The number of anilines is 1. The molecule has 25 heavy (non-hydrogen) atoms. The van der Waals surface area contributed by atoms with Crippen LogP contribution in [0, 0.1) is 5.82 Å². The van der Waals surface area contributed by atoms with E-state index in [1.54, 1.807) is 31.0 Å². The van der Waals surface area contributed by atoms with Gasteiger partial charge in [0, 0.05) is 6.54 Å². The number of nitrogens with one attached hydrogen (secondary N) is 1. The Bertz CT molecular complexity index is 746. The van der Waals surface area contributed by atoms with E-state index < -0.39 is 23.7 Å². The van der Waals surface area contributed by atoms with Gasteiger partial charge in [-0.25, -0.2) is 4.39 Å². The number of rotatable bonds is 5. The monoisotopic (exact) mass is 354 g/mol. The predicted molar refractivity (Wildman–Crippen MR) is 87.4 cm³/mol. The number of benzene rings is 2. The fraction of sp³-hybridized carbons (Fsp3) is 0.278. The second kappa shape index (κ2) is 7.65. The maximum Gasteiger partial charge on any atom is 0.418 e. The highest BCUT2D eigenvalue weighted by Gasteiger charge is 2.34. The fourth-order valence-corrected chi connectivity index (χ4v) is 2.34. The van der Waals surface area contributed by atoms with Gasteiger partial charge >= 0.3 is 6.18 Å². The molecule has 0 fully saturated rings. The van der Waals surface area contributed by atoms with E-state index in [-0.39, 0.29) is 18.0 Å². The smallest absolute Gasteiger partial charge is 0.324 e. The van der Waals surface area contributed by atoms with E-state index in [2.05, 4.69) is 5.32 Å².